The van der Waals surface area contributed by atoms with E-state index in [1.807, 2.05) is 25.1 Å². The van der Waals surface area contributed by atoms with Crippen LogP contribution in [0.4, 0.5) is 0 Å². The van der Waals surface area contributed by atoms with Gasteiger partial charge in [-0.25, -0.2) is 0 Å². The minimum atomic E-state index is -0.785. The lowest BCUT2D eigenvalue weighted by Crippen LogP contribution is -2.38. The maximum atomic E-state index is 13.2. The first-order valence-corrected chi connectivity index (χ1v) is 12.9. The van der Waals surface area contributed by atoms with Gasteiger partial charge in [-0.2, -0.15) is 0 Å². The van der Waals surface area contributed by atoms with Crippen LogP contribution in [-0.2, 0) is 20.9 Å². The maximum absolute atomic E-state index is 13.2. The number of carbonyl (C=O) groups excluding carboxylic acids is 2. The first-order valence-electron chi connectivity index (χ1n) is 12.9. The summed E-state index contributed by atoms with van der Waals surface area (Å²) in [6, 6.07) is 17.6. The van der Waals surface area contributed by atoms with Gasteiger partial charge in [-0.05, 0) is 55.3 Å². The van der Waals surface area contributed by atoms with Gasteiger partial charge in [0.15, 0.2) is 0 Å². The van der Waals surface area contributed by atoms with Crippen LogP contribution in [0.25, 0.3) is 5.76 Å². The molecule has 0 unspecified atom stereocenters. The molecule has 0 bridgehead atoms. The number of ether oxygens (including phenoxy) is 2. The van der Waals surface area contributed by atoms with Crippen molar-refractivity contribution in [2.75, 3.05) is 39.4 Å². The highest BCUT2D eigenvalue weighted by atomic mass is 16.5. The number of rotatable bonds is 9. The van der Waals surface area contributed by atoms with Gasteiger partial charge in [0.2, 0.25) is 0 Å². The summed E-state index contributed by atoms with van der Waals surface area (Å²) >= 11 is 0. The topological polar surface area (TPSA) is 92.5 Å². The van der Waals surface area contributed by atoms with E-state index < -0.39 is 17.7 Å². The molecule has 0 radical (unpaired) electrons. The molecule has 38 heavy (non-hydrogen) atoms. The molecule has 0 saturated carbocycles. The number of amides is 1. The van der Waals surface area contributed by atoms with Gasteiger partial charge in [-0.1, -0.05) is 29.8 Å². The molecule has 0 spiro atoms. The average Bonchev–Trinajstić information content (AvgIpc) is 3.55. The number of furan rings is 1. The molecule has 2 aliphatic rings. The third kappa shape index (κ3) is 5.66. The number of morpholine rings is 1. The summed E-state index contributed by atoms with van der Waals surface area (Å²) in [6.45, 7) is 6.72. The van der Waals surface area contributed by atoms with Crippen LogP contribution < -0.4 is 4.74 Å². The van der Waals surface area contributed by atoms with E-state index in [0.717, 1.165) is 30.8 Å². The minimum absolute atomic E-state index is 0.0322. The van der Waals surface area contributed by atoms with Crippen LogP contribution in [0.15, 0.2) is 76.9 Å². The van der Waals surface area contributed by atoms with E-state index in [0.29, 0.717) is 49.9 Å². The molecule has 1 N–H and O–H groups in total. The minimum Gasteiger partial charge on any atom is -0.507 e. The van der Waals surface area contributed by atoms with Crippen molar-refractivity contribution in [2.45, 2.75) is 26.0 Å². The molecule has 2 aromatic carbocycles. The quantitative estimate of drug-likeness (QED) is 0.257. The predicted octanol–water partition coefficient (Wildman–Crippen LogP) is 4.31. The second-order valence-electron chi connectivity index (χ2n) is 9.62. The van der Waals surface area contributed by atoms with Gasteiger partial charge in [-0.15, -0.1) is 0 Å². The van der Waals surface area contributed by atoms with Crippen molar-refractivity contribution in [3.05, 3.63) is 95.0 Å². The fraction of sp³-hybridized carbons (Fsp3) is 0.333. The van der Waals surface area contributed by atoms with Crippen LogP contribution in [0.5, 0.6) is 5.75 Å². The lowest BCUT2D eigenvalue weighted by molar-refractivity contribution is -0.140. The Bertz CT molecular complexity index is 1290. The Balaban J connectivity index is 1.34. The standard InChI is InChI=1S/C30H32N2O6/c1-21-5-2-6-22(19-21)20-38-24-10-8-23(9-11-24)28(33)26-27(25-7-3-16-37-25)32(30(35)29(26)34)13-4-12-31-14-17-36-18-15-31/h2-3,5-11,16,19,27,33H,4,12-15,17-18,20H2,1H3/b28-26+/t27-/m0/s1. The van der Waals surface area contributed by atoms with Gasteiger partial charge < -0.3 is 23.9 Å². The number of ketones is 1. The van der Waals surface area contributed by atoms with Crippen LogP contribution in [0.1, 0.15) is 34.9 Å². The molecule has 5 rings (SSSR count). The lowest BCUT2D eigenvalue weighted by atomic mass is 9.99. The van der Waals surface area contributed by atoms with Gasteiger partial charge in [0.1, 0.15) is 29.9 Å². The van der Waals surface area contributed by atoms with Crippen LogP contribution in [0.2, 0.25) is 0 Å². The van der Waals surface area contributed by atoms with E-state index >= 15 is 0 Å². The highest BCUT2D eigenvalue weighted by Crippen LogP contribution is 2.39. The van der Waals surface area contributed by atoms with E-state index in [-0.39, 0.29) is 11.3 Å². The summed E-state index contributed by atoms with van der Waals surface area (Å²) in [6.07, 6.45) is 2.20. The third-order valence-electron chi connectivity index (χ3n) is 6.95. The number of benzene rings is 2. The van der Waals surface area contributed by atoms with E-state index in [1.54, 1.807) is 36.4 Å². The fourth-order valence-corrected chi connectivity index (χ4v) is 4.98. The molecular weight excluding hydrogens is 484 g/mol. The predicted molar refractivity (Wildman–Crippen MR) is 142 cm³/mol. The number of likely N-dealkylation sites (tertiary alicyclic amines) is 1. The van der Waals surface area contributed by atoms with E-state index in [2.05, 4.69) is 11.0 Å². The first kappa shape index (κ1) is 25.8. The Morgan fingerprint density at radius 1 is 1.03 bits per heavy atom. The number of carbonyl (C=O) groups is 2. The zero-order valence-corrected chi connectivity index (χ0v) is 21.5. The van der Waals surface area contributed by atoms with Crippen LogP contribution in [0, 0.1) is 6.92 Å². The Kier molecular flexibility index (Phi) is 7.91. The van der Waals surface area contributed by atoms with Crippen LogP contribution in [-0.4, -0.2) is 66.0 Å². The molecule has 2 saturated heterocycles. The lowest BCUT2D eigenvalue weighted by Gasteiger charge is -2.28. The largest absolute Gasteiger partial charge is 0.507 e. The van der Waals surface area contributed by atoms with Gasteiger partial charge in [0.25, 0.3) is 11.7 Å². The highest BCUT2D eigenvalue weighted by Gasteiger charge is 2.47. The molecule has 2 fully saturated rings. The van der Waals surface area contributed by atoms with Crippen LogP contribution in [0.3, 0.4) is 0 Å². The van der Waals surface area contributed by atoms with Gasteiger partial charge >= 0.3 is 0 Å². The number of nitrogens with zero attached hydrogens (tertiary/aromatic N) is 2. The maximum Gasteiger partial charge on any atom is 0.295 e. The van der Waals surface area contributed by atoms with Crippen LogP contribution >= 0.6 is 0 Å². The smallest absolute Gasteiger partial charge is 0.295 e. The van der Waals surface area contributed by atoms with Gasteiger partial charge in [0, 0.05) is 31.7 Å². The van der Waals surface area contributed by atoms with Gasteiger partial charge in [-0.3, -0.25) is 14.5 Å². The fourth-order valence-electron chi connectivity index (χ4n) is 4.98. The second kappa shape index (κ2) is 11.7. The van der Waals surface area contributed by atoms with E-state index in [4.69, 9.17) is 13.9 Å². The molecule has 0 aliphatic carbocycles. The van der Waals surface area contributed by atoms with Crippen molar-refractivity contribution in [1.82, 2.24) is 9.80 Å². The number of aliphatic hydroxyl groups excluding tert-OH is 1. The molecule has 2 aliphatic heterocycles. The number of hydrogen-bond acceptors (Lipinski definition) is 7. The number of aryl methyl sites for hydroxylation is 1. The summed E-state index contributed by atoms with van der Waals surface area (Å²) in [5, 5.41) is 11.2. The zero-order chi connectivity index (χ0) is 26.5. The van der Waals surface area contributed by atoms with E-state index in [1.165, 1.54) is 11.2 Å². The molecular formula is C30H32N2O6. The normalized spacial score (nSPS) is 19.7. The van der Waals surface area contributed by atoms with Crippen molar-refractivity contribution in [3.8, 4) is 5.75 Å². The Morgan fingerprint density at radius 2 is 1.82 bits per heavy atom. The number of aliphatic hydroxyl groups is 1. The summed E-state index contributed by atoms with van der Waals surface area (Å²) in [5.41, 5.74) is 2.68. The summed E-state index contributed by atoms with van der Waals surface area (Å²) in [4.78, 5) is 30.0. The molecule has 3 heterocycles. The van der Waals surface area contributed by atoms with Crippen molar-refractivity contribution in [1.29, 1.82) is 0 Å². The molecule has 8 heteroatoms. The molecule has 1 aromatic heterocycles. The van der Waals surface area contributed by atoms with Gasteiger partial charge in [0.05, 0.1) is 25.1 Å². The highest BCUT2D eigenvalue weighted by molar-refractivity contribution is 6.46. The molecule has 198 valence electrons. The second-order valence-corrected chi connectivity index (χ2v) is 9.62. The monoisotopic (exact) mass is 516 g/mol. The first-order chi connectivity index (χ1) is 18.5. The van der Waals surface area contributed by atoms with Crippen molar-refractivity contribution in [3.63, 3.8) is 0 Å². The van der Waals surface area contributed by atoms with E-state index in [9.17, 15) is 14.7 Å². The Labute approximate surface area is 222 Å². The summed E-state index contributed by atoms with van der Waals surface area (Å²) in [5.74, 6) is -0.502. The Morgan fingerprint density at radius 3 is 2.53 bits per heavy atom. The van der Waals surface area contributed by atoms with Crippen molar-refractivity contribution >= 4 is 17.4 Å². The SMILES string of the molecule is Cc1cccc(COc2ccc(/C(O)=C3\C(=O)C(=O)N(CCCN4CCOCC4)[C@H]3c3ccco3)cc2)c1. The third-order valence-corrected chi connectivity index (χ3v) is 6.95. The number of Topliss-reactive ketones (excluding diaryl/α,β-unsaturated/α-hetero) is 1. The average molecular weight is 517 g/mol. The summed E-state index contributed by atoms with van der Waals surface area (Å²) < 4.78 is 16.9. The van der Waals surface area contributed by atoms with Crippen molar-refractivity contribution < 1.29 is 28.6 Å². The number of hydrogen-bond donors (Lipinski definition) is 1. The molecule has 1 atom stereocenters. The molecule has 3 aromatic rings. The molecule has 1 amide bonds. The zero-order valence-electron chi connectivity index (χ0n) is 21.5. The van der Waals surface area contributed by atoms with Crippen molar-refractivity contribution in [2.24, 2.45) is 0 Å². The molecule has 8 nitrogen and oxygen atoms in total. The summed E-state index contributed by atoms with van der Waals surface area (Å²) in [7, 11) is 0. The Hall–Kier alpha value is -3.88.